The van der Waals surface area contributed by atoms with E-state index in [1.807, 2.05) is 35.7 Å². The van der Waals surface area contributed by atoms with E-state index in [2.05, 4.69) is 35.3 Å². The number of aromatic nitrogens is 1. The first-order chi connectivity index (χ1) is 14.1. The van der Waals surface area contributed by atoms with Crippen LogP contribution in [0.2, 0.25) is 10.0 Å². The molecule has 4 aromatic rings. The molecular formula is C24H14Cl2N2S. The summed E-state index contributed by atoms with van der Waals surface area (Å²) in [5.74, 6) is 0. The fourth-order valence-electron chi connectivity index (χ4n) is 2.91. The first-order valence-electron chi connectivity index (χ1n) is 8.82. The van der Waals surface area contributed by atoms with Gasteiger partial charge in [0.25, 0.3) is 0 Å². The van der Waals surface area contributed by atoms with Crippen LogP contribution in [0.4, 0.5) is 0 Å². The Morgan fingerprint density at radius 3 is 2.28 bits per heavy atom. The Hall–Kier alpha value is -2.90. The lowest BCUT2D eigenvalue weighted by molar-refractivity contribution is 1.37. The molecule has 0 aliphatic heterocycles. The van der Waals surface area contributed by atoms with E-state index in [-0.39, 0.29) is 0 Å². The molecule has 140 valence electrons. The minimum absolute atomic E-state index is 0.464. The zero-order valence-electron chi connectivity index (χ0n) is 15.1. The molecule has 0 atom stereocenters. The maximum atomic E-state index is 9.61. The molecule has 0 spiro atoms. The van der Waals surface area contributed by atoms with Crippen LogP contribution in [0.25, 0.3) is 34.0 Å². The fraction of sp³-hybridized carbons (Fsp3) is 0. The molecule has 5 heteroatoms. The molecule has 29 heavy (non-hydrogen) atoms. The largest absolute Gasteiger partial charge is 0.235 e. The van der Waals surface area contributed by atoms with Crippen LogP contribution in [0.1, 0.15) is 10.6 Å². The Kier molecular flexibility index (Phi) is 5.78. The van der Waals surface area contributed by atoms with E-state index in [4.69, 9.17) is 23.2 Å². The second-order valence-electron chi connectivity index (χ2n) is 6.32. The highest BCUT2D eigenvalue weighted by atomic mass is 35.5. The molecule has 0 saturated carbocycles. The van der Waals surface area contributed by atoms with Crippen LogP contribution in [0.5, 0.6) is 0 Å². The number of halogens is 2. The van der Waals surface area contributed by atoms with Crippen molar-refractivity contribution in [3.8, 4) is 28.5 Å². The van der Waals surface area contributed by atoms with Gasteiger partial charge in [-0.25, -0.2) is 4.98 Å². The van der Waals surface area contributed by atoms with Crippen molar-refractivity contribution in [2.45, 2.75) is 0 Å². The number of nitriles is 1. The molecule has 0 unspecified atom stereocenters. The highest BCUT2D eigenvalue weighted by Gasteiger charge is 2.10. The van der Waals surface area contributed by atoms with E-state index in [0.29, 0.717) is 20.6 Å². The third-order valence-electron chi connectivity index (χ3n) is 4.41. The third kappa shape index (κ3) is 4.41. The van der Waals surface area contributed by atoms with Gasteiger partial charge < -0.3 is 0 Å². The molecule has 0 fully saturated rings. The van der Waals surface area contributed by atoms with Crippen molar-refractivity contribution in [2.24, 2.45) is 0 Å². The number of hydrogen-bond acceptors (Lipinski definition) is 3. The molecule has 1 aromatic heterocycles. The van der Waals surface area contributed by atoms with Crippen LogP contribution >= 0.6 is 34.5 Å². The summed E-state index contributed by atoms with van der Waals surface area (Å²) in [5, 5.41) is 13.3. The Morgan fingerprint density at radius 2 is 1.59 bits per heavy atom. The van der Waals surface area contributed by atoms with Crippen LogP contribution < -0.4 is 0 Å². The molecule has 0 aliphatic rings. The highest BCUT2D eigenvalue weighted by Crippen LogP contribution is 2.30. The van der Waals surface area contributed by atoms with Gasteiger partial charge >= 0.3 is 0 Å². The van der Waals surface area contributed by atoms with Crippen molar-refractivity contribution in [2.75, 3.05) is 0 Å². The Morgan fingerprint density at radius 1 is 0.897 bits per heavy atom. The summed E-state index contributed by atoms with van der Waals surface area (Å²) in [5.41, 5.74) is 5.37. The predicted octanol–water partition coefficient (Wildman–Crippen LogP) is 7.85. The van der Waals surface area contributed by atoms with Crippen molar-refractivity contribution in [1.29, 1.82) is 5.26 Å². The van der Waals surface area contributed by atoms with Crippen molar-refractivity contribution in [1.82, 2.24) is 4.98 Å². The van der Waals surface area contributed by atoms with Crippen LogP contribution in [0, 0.1) is 11.3 Å². The maximum absolute atomic E-state index is 9.61. The summed E-state index contributed by atoms with van der Waals surface area (Å²) in [6.07, 6.45) is 1.74. The maximum Gasteiger partial charge on any atom is 0.134 e. The second kappa shape index (κ2) is 8.63. The molecule has 1 heterocycles. The van der Waals surface area contributed by atoms with Crippen molar-refractivity contribution >= 4 is 46.2 Å². The third-order valence-corrected chi connectivity index (χ3v) is 5.84. The van der Waals surface area contributed by atoms with Gasteiger partial charge in [-0.05, 0) is 34.9 Å². The van der Waals surface area contributed by atoms with Crippen molar-refractivity contribution in [3.05, 3.63) is 98.8 Å². The van der Waals surface area contributed by atoms with Gasteiger partial charge in [-0.15, -0.1) is 11.3 Å². The Balaban J connectivity index is 1.62. The number of hydrogen-bond donors (Lipinski definition) is 0. The van der Waals surface area contributed by atoms with Gasteiger partial charge in [0.15, 0.2) is 0 Å². The monoisotopic (exact) mass is 432 g/mol. The van der Waals surface area contributed by atoms with Crippen LogP contribution in [-0.4, -0.2) is 4.98 Å². The smallest absolute Gasteiger partial charge is 0.134 e. The molecule has 2 nitrogen and oxygen atoms in total. The average molecular weight is 433 g/mol. The van der Waals surface area contributed by atoms with Crippen LogP contribution in [0.3, 0.4) is 0 Å². The molecule has 0 N–H and O–H groups in total. The van der Waals surface area contributed by atoms with Gasteiger partial charge in [0.05, 0.1) is 11.3 Å². The summed E-state index contributed by atoms with van der Waals surface area (Å²) < 4.78 is 0. The van der Waals surface area contributed by atoms with Crippen LogP contribution in [-0.2, 0) is 0 Å². The topological polar surface area (TPSA) is 36.7 Å². The van der Waals surface area contributed by atoms with E-state index < -0.39 is 0 Å². The van der Waals surface area contributed by atoms with E-state index in [0.717, 1.165) is 22.4 Å². The number of rotatable bonds is 4. The molecule has 4 rings (SSSR count). The summed E-state index contributed by atoms with van der Waals surface area (Å²) in [7, 11) is 0. The van der Waals surface area contributed by atoms with Gasteiger partial charge in [0.2, 0.25) is 0 Å². The summed E-state index contributed by atoms with van der Waals surface area (Å²) in [6, 6.07) is 25.9. The molecule has 0 aliphatic carbocycles. The summed E-state index contributed by atoms with van der Waals surface area (Å²) in [6.45, 7) is 0. The summed E-state index contributed by atoms with van der Waals surface area (Å²) >= 11 is 13.6. The number of thiazole rings is 1. The van der Waals surface area contributed by atoms with E-state index >= 15 is 0 Å². The van der Waals surface area contributed by atoms with Crippen LogP contribution in [0.15, 0.2) is 78.2 Å². The second-order valence-corrected chi connectivity index (χ2v) is 8.02. The molecule has 3 aromatic carbocycles. The van der Waals surface area contributed by atoms with Gasteiger partial charge in [-0.2, -0.15) is 5.26 Å². The first-order valence-corrected chi connectivity index (χ1v) is 10.5. The lowest BCUT2D eigenvalue weighted by Gasteiger charge is -2.03. The Labute approximate surface area is 183 Å². The van der Waals surface area contributed by atoms with Crippen molar-refractivity contribution in [3.63, 3.8) is 0 Å². The van der Waals surface area contributed by atoms with Crippen molar-refractivity contribution < 1.29 is 0 Å². The van der Waals surface area contributed by atoms with Gasteiger partial charge in [0, 0.05) is 21.0 Å². The zero-order valence-corrected chi connectivity index (χ0v) is 17.5. The summed E-state index contributed by atoms with van der Waals surface area (Å²) in [4.78, 5) is 4.66. The van der Waals surface area contributed by atoms with Gasteiger partial charge in [-0.3, -0.25) is 0 Å². The molecule has 0 amide bonds. The molecular weight excluding hydrogens is 419 g/mol. The van der Waals surface area contributed by atoms with E-state index in [1.165, 1.54) is 16.9 Å². The lowest BCUT2D eigenvalue weighted by Crippen LogP contribution is -1.84. The standard InChI is InChI=1S/C24H14Cl2N2S/c25-21-11-10-19(22(26)13-21)12-20(14-27)24-28-23(15-29-24)18-8-6-17(7-9-18)16-4-2-1-3-5-16/h1-13,15H/b20-12+. The normalized spacial score (nSPS) is 11.3. The highest BCUT2D eigenvalue weighted by molar-refractivity contribution is 7.11. The van der Waals surface area contributed by atoms with Gasteiger partial charge in [-0.1, -0.05) is 83.9 Å². The molecule has 0 saturated heterocycles. The molecule has 0 bridgehead atoms. The molecule has 0 radical (unpaired) electrons. The van der Waals surface area contributed by atoms with E-state index in [9.17, 15) is 5.26 Å². The fourth-order valence-corrected chi connectivity index (χ4v) is 4.17. The average Bonchev–Trinajstić information content (AvgIpc) is 3.24. The van der Waals surface area contributed by atoms with E-state index in [1.54, 1.807) is 24.3 Å². The van der Waals surface area contributed by atoms with Gasteiger partial charge in [0.1, 0.15) is 11.1 Å². The number of benzene rings is 3. The predicted molar refractivity (Wildman–Crippen MR) is 123 cm³/mol. The zero-order chi connectivity index (χ0) is 20.2. The quantitative estimate of drug-likeness (QED) is 0.307. The minimum atomic E-state index is 0.464. The first kappa shape index (κ1) is 19.4. The lowest BCUT2D eigenvalue weighted by atomic mass is 10.0. The SMILES string of the molecule is N#C/C(=C\c1ccc(Cl)cc1Cl)c1nc(-c2ccc(-c3ccccc3)cc2)cs1. The number of allylic oxidation sites excluding steroid dienone is 1. The minimum Gasteiger partial charge on any atom is -0.235 e. The Bertz CT molecular complexity index is 1220. The number of nitrogens with zero attached hydrogens (tertiary/aromatic N) is 2.